The monoisotopic (exact) mass is 434 g/mol. The number of esters is 2. The third-order valence-corrected chi connectivity index (χ3v) is 4.10. The standard InChI is InChI=1S/C25H38O6/c1-3-4-14-17-23(27)18-15-12-10-8-6-5-7-9-11-13-16-19-25(29)31-21-24(28)20-30-22(2)26/h5-6,9-12,15,18,24,28H,3-4,7-8,13-14,16-17,19-21H2,1-2H3/b6-5-,11-9-,12-10-,18-15+/t24-/m1/s1. The van der Waals surface area contributed by atoms with Gasteiger partial charge in [0.25, 0.3) is 0 Å². The summed E-state index contributed by atoms with van der Waals surface area (Å²) in [5.41, 5.74) is 0. The van der Waals surface area contributed by atoms with Gasteiger partial charge in [-0.15, -0.1) is 0 Å². The molecule has 0 fully saturated rings. The topological polar surface area (TPSA) is 89.9 Å². The van der Waals surface area contributed by atoms with E-state index in [1.54, 1.807) is 12.2 Å². The molecule has 0 aliphatic rings. The van der Waals surface area contributed by atoms with Crippen molar-refractivity contribution >= 4 is 17.7 Å². The van der Waals surface area contributed by atoms with Crippen LogP contribution in [0, 0.1) is 0 Å². The number of aliphatic hydroxyl groups excluding tert-OH is 1. The fraction of sp³-hybridized carbons (Fsp3) is 0.560. The Morgan fingerprint density at radius 2 is 1.52 bits per heavy atom. The zero-order valence-electron chi connectivity index (χ0n) is 19.0. The fourth-order valence-corrected chi connectivity index (χ4v) is 2.40. The van der Waals surface area contributed by atoms with Gasteiger partial charge in [0.15, 0.2) is 5.78 Å². The molecule has 0 saturated carbocycles. The number of carbonyl (C=O) groups excluding carboxylic acids is 3. The van der Waals surface area contributed by atoms with Crippen molar-refractivity contribution in [1.82, 2.24) is 0 Å². The van der Waals surface area contributed by atoms with Crippen LogP contribution in [0.3, 0.4) is 0 Å². The molecular formula is C25H38O6. The quantitative estimate of drug-likeness (QED) is 0.110. The Balaban J connectivity index is 3.67. The molecule has 0 unspecified atom stereocenters. The van der Waals surface area contributed by atoms with Gasteiger partial charge in [-0.2, -0.15) is 0 Å². The normalized spacial score (nSPS) is 12.9. The third-order valence-electron chi connectivity index (χ3n) is 4.10. The summed E-state index contributed by atoms with van der Waals surface area (Å²) in [6.07, 6.45) is 21.7. The molecular weight excluding hydrogens is 396 g/mol. The Bertz CT molecular complexity index is 616. The molecule has 174 valence electrons. The van der Waals surface area contributed by atoms with E-state index in [0.717, 1.165) is 38.5 Å². The molecule has 31 heavy (non-hydrogen) atoms. The van der Waals surface area contributed by atoms with Gasteiger partial charge in [0.2, 0.25) is 0 Å². The maximum Gasteiger partial charge on any atom is 0.305 e. The first kappa shape index (κ1) is 28.5. The van der Waals surface area contributed by atoms with Gasteiger partial charge in [-0.25, -0.2) is 0 Å². The molecule has 1 atom stereocenters. The summed E-state index contributed by atoms with van der Waals surface area (Å²) in [5.74, 6) is -0.676. The minimum atomic E-state index is -0.997. The Morgan fingerprint density at radius 3 is 2.23 bits per heavy atom. The molecule has 0 aliphatic heterocycles. The molecule has 6 nitrogen and oxygen atoms in total. The SMILES string of the molecule is CCCCCC(=O)/C=C/C=C\C/C=C\C/C=C\CCCC(=O)OC[C@H](O)COC(C)=O. The average molecular weight is 435 g/mol. The maximum absolute atomic E-state index is 11.6. The summed E-state index contributed by atoms with van der Waals surface area (Å²) in [5, 5.41) is 9.48. The number of carbonyl (C=O) groups is 3. The lowest BCUT2D eigenvalue weighted by molar-refractivity contribution is -0.151. The van der Waals surface area contributed by atoms with E-state index >= 15 is 0 Å². The second-order valence-electron chi connectivity index (χ2n) is 7.16. The van der Waals surface area contributed by atoms with Crippen LogP contribution < -0.4 is 0 Å². The van der Waals surface area contributed by atoms with E-state index in [4.69, 9.17) is 4.74 Å². The van der Waals surface area contributed by atoms with Crippen LogP contribution in [0.5, 0.6) is 0 Å². The lowest BCUT2D eigenvalue weighted by atomic mass is 10.1. The summed E-state index contributed by atoms with van der Waals surface area (Å²) in [6, 6.07) is 0. The third kappa shape index (κ3) is 22.0. The number of allylic oxidation sites excluding steroid dienone is 8. The van der Waals surface area contributed by atoms with E-state index in [9.17, 15) is 19.5 Å². The predicted octanol–water partition coefficient (Wildman–Crippen LogP) is 4.78. The van der Waals surface area contributed by atoms with Crippen molar-refractivity contribution in [3.05, 3.63) is 48.6 Å². The van der Waals surface area contributed by atoms with Gasteiger partial charge in [-0.1, -0.05) is 62.3 Å². The van der Waals surface area contributed by atoms with Gasteiger partial charge in [-0.05, 0) is 38.2 Å². The van der Waals surface area contributed by atoms with Crippen LogP contribution in [0.1, 0.15) is 71.6 Å². The van der Waals surface area contributed by atoms with Gasteiger partial charge in [0, 0.05) is 19.8 Å². The zero-order valence-corrected chi connectivity index (χ0v) is 19.0. The maximum atomic E-state index is 11.6. The van der Waals surface area contributed by atoms with Crippen LogP contribution in [0.2, 0.25) is 0 Å². The molecule has 0 aromatic carbocycles. The molecule has 0 rings (SSSR count). The van der Waals surface area contributed by atoms with Crippen LogP contribution in [-0.2, 0) is 23.9 Å². The molecule has 0 spiro atoms. The molecule has 6 heteroatoms. The minimum absolute atomic E-state index is 0.174. The van der Waals surface area contributed by atoms with Crippen LogP contribution in [-0.4, -0.2) is 42.1 Å². The largest absolute Gasteiger partial charge is 0.463 e. The second kappa shape index (κ2) is 20.8. The Hall–Kier alpha value is -2.47. The van der Waals surface area contributed by atoms with E-state index in [1.165, 1.54) is 6.92 Å². The van der Waals surface area contributed by atoms with Crippen molar-refractivity contribution < 1.29 is 29.0 Å². The van der Waals surface area contributed by atoms with Crippen molar-refractivity contribution in [2.24, 2.45) is 0 Å². The summed E-state index contributed by atoms with van der Waals surface area (Å²) in [4.78, 5) is 33.7. The Labute approximate surface area is 186 Å². The number of aliphatic hydroxyl groups is 1. The molecule has 0 aliphatic carbocycles. The summed E-state index contributed by atoms with van der Waals surface area (Å²) in [6.45, 7) is 3.02. The number of unbranched alkanes of at least 4 members (excludes halogenated alkanes) is 3. The van der Waals surface area contributed by atoms with Gasteiger partial charge in [0.1, 0.15) is 19.3 Å². The molecule has 0 aromatic heterocycles. The van der Waals surface area contributed by atoms with Crippen LogP contribution in [0.4, 0.5) is 0 Å². The summed E-state index contributed by atoms with van der Waals surface area (Å²) in [7, 11) is 0. The van der Waals surface area contributed by atoms with Crippen molar-refractivity contribution in [3.8, 4) is 0 Å². The van der Waals surface area contributed by atoms with Gasteiger partial charge < -0.3 is 14.6 Å². The summed E-state index contributed by atoms with van der Waals surface area (Å²) >= 11 is 0. The lowest BCUT2D eigenvalue weighted by Crippen LogP contribution is -2.24. The smallest absolute Gasteiger partial charge is 0.305 e. The number of hydrogen-bond acceptors (Lipinski definition) is 6. The van der Waals surface area contributed by atoms with Crippen LogP contribution >= 0.6 is 0 Å². The minimum Gasteiger partial charge on any atom is -0.463 e. The first-order valence-corrected chi connectivity index (χ1v) is 11.1. The van der Waals surface area contributed by atoms with E-state index in [0.29, 0.717) is 12.8 Å². The zero-order chi connectivity index (χ0) is 23.2. The Morgan fingerprint density at radius 1 is 0.839 bits per heavy atom. The van der Waals surface area contributed by atoms with Gasteiger partial charge in [-0.3, -0.25) is 14.4 Å². The predicted molar refractivity (Wildman–Crippen MR) is 122 cm³/mol. The van der Waals surface area contributed by atoms with Crippen molar-refractivity contribution in [2.45, 2.75) is 77.7 Å². The van der Waals surface area contributed by atoms with Gasteiger partial charge >= 0.3 is 11.9 Å². The van der Waals surface area contributed by atoms with Crippen molar-refractivity contribution in [3.63, 3.8) is 0 Å². The molecule has 0 saturated heterocycles. The highest BCUT2D eigenvalue weighted by Crippen LogP contribution is 2.02. The number of ether oxygens (including phenoxy) is 2. The first-order chi connectivity index (χ1) is 15.0. The van der Waals surface area contributed by atoms with E-state index in [1.807, 2.05) is 24.3 Å². The molecule has 0 bridgehead atoms. The van der Waals surface area contributed by atoms with Crippen molar-refractivity contribution in [2.75, 3.05) is 13.2 Å². The molecule has 0 heterocycles. The number of rotatable bonds is 18. The summed E-state index contributed by atoms with van der Waals surface area (Å²) < 4.78 is 9.55. The van der Waals surface area contributed by atoms with Gasteiger partial charge in [0.05, 0.1) is 0 Å². The number of ketones is 1. The highest BCUT2D eigenvalue weighted by molar-refractivity contribution is 5.89. The Kier molecular flexibility index (Phi) is 19.1. The van der Waals surface area contributed by atoms with E-state index in [-0.39, 0.29) is 31.4 Å². The lowest BCUT2D eigenvalue weighted by Gasteiger charge is -2.10. The highest BCUT2D eigenvalue weighted by Gasteiger charge is 2.09. The molecule has 1 N–H and O–H groups in total. The number of hydrogen-bond donors (Lipinski definition) is 1. The second-order valence-corrected chi connectivity index (χ2v) is 7.16. The highest BCUT2D eigenvalue weighted by atomic mass is 16.6. The van der Waals surface area contributed by atoms with E-state index in [2.05, 4.69) is 23.8 Å². The molecule has 0 aromatic rings. The van der Waals surface area contributed by atoms with Crippen molar-refractivity contribution in [1.29, 1.82) is 0 Å². The van der Waals surface area contributed by atoms with Crippen LogP contribution in [0.25, 0.3) is 0 Å². The molecule has 0 radical (unpaired) electrons. The molecule has 0 amide bonds. The van der Waals surface area contributed by atoms with E-state index < -0.39 is 12.1 Å². The van der Waals surface area contributed by atoms with Crippen LogP contribution in [0.15, 0.2) is 48.6 Å². The fourth-order valence-electron chi connectivity index (χ4n) is 2.40. The first-order valence-electron chi connectivity index (χ1n) is 11.1. The average Bonchev–Trinajstić information content (AvgIpc) is 2.74.